The number of primary amides is 1. The van der Waals surface area contributed by atoms with E-state index >= 15 is 0 Å². The summed E-state index contributed by atoms with van der Waals surface area (Å²) < 4.78 is 4.70. The number of hydrogen-bond donors (Lipinski definition) is 1. The predicted octanol–water partition coefficient (Wildman–Crippen LogP) is 1.82. The van der Waals surface area contributed by atoms with Crippen LogP contribution in [0.15, 0.2) is 0 Å². The van der Waals surface area contributed by atoms with E-state index in [1.165, 1.54) is 0 Å². The predicted molar refractivity (Wildman–Crippen MR) is 47.4 cm³/mol. The highest BCUT2D eigenvalue weighted by Crippen LogP contribution is 2.14. The van der Waals surface area contributed by atoms with Gasteiger partial charge in [-0.2, -0.15) is 0 Å². The number of thioether (sulfide) groups is 1. The average molecular weight is 177 g/mol. The second-order valence-electron chi connectivity index (χ2n) is 2.73. The molecule has 0 spiro atoms. The zero-order valence-electron chi connectivity index (χ0n) is 7.16. The highest BCUT2D eigenvalue weighted by molar-refractivity contribution is 7.99. The Morgan fingerprint density at radius 3 is 2.45 bits per heavy atom. The molecule has 0 rings (SSSR count). The van der Waals surface area contributed by atoms with Gasteiger partial charge in [0, 0.05) is 0 Å². The lowest BCUT2D eigenvalue weighted by Gasteiger charge is -2.11. The molecule has 0 aromatic rings. The Hall–Kier alpha value is -0.380. The van der Waals surface area contributed by atoms with Crippen molar-refractivity contribution in [3.63, 3.8) is 0 Å². The lowest BCUT2D eigenvalue weighted by Crippen LogP contribution is -2.18. The van der Waals surface area contributed by atoms with Crippen molar-refractivity contribution in [2.45, 2.75) is 26.2 Å². The largest absolute Gasteiger partial charge is 0.436 e. The van der Waals surface area contributed by atoms with Crippen LogP contribution in [-0.4, -0.2) is 17.3 Å². The van der Waals surface area contributed by atoms with Gasteiger partial charge in [-0.3, -0.25) is 0 Å². The number of ether oxygens (including phenoxy) is 1. The molecule has 2 N–H and O–H groups in total. The summed E-state index contributed by atoms with van der Waals surface area (Å²) in [5.41, 5.74) is 4.70. The number of hydrogen-bond acceptors (Lipinski definition) is 3. The van der Waals surface area contributed by atoms with E-state index in [0.717, 1.165) is 5.75 Å². The molecule has 0 aromatic heterocycles. The summed E-state index contributed by atoms with van der Waals surface area (Å²) in [6.45, 7) is 6.05. The third-order valence-electron chi connectivity index (χ3n) is 0.946. The highest BCUT2D eigenvalue weighted by Gasteiger charge is 2.06. The maximum atomic E-state index is 10.2. The topological polar surface area (TPSA) is 52.3 Å². The van der Waals surface area contributed by atoms with Crippen molar-refractivity contribution < 1.29 is 9.53 Å². The summed E-state index contributed by atoms with van der Waals surface area (Å²) in [6.07, 6.45) is -0.700. The van der Waals surface area contributed by atoms with E-state index in [1.54, 1.807) is 11.8 Å². The van der Waals surface area contributed by atoms with Gasteiger partial charge in [0.25, 0.3) is 0 Å². The molecule has 0 saturated heterocycles. The molecule has 0 fully saturated rings. The SMILES string of the molecule is CC(C)CSC(C)OC(N)=O. The molecule has 0 aliphatic carbocycles. The van der Waals surface area contributed by atoms with E-state index < -0.39 is 6.09 Å². The highest BCUT2D eigenvalue weighted by atomic mass is 32.2. The minimum Gasteiger partial charge on any atom is -0.436 e. The Morgan fingerprint density at radius 2 is 2.09 bits per heavy atom. The van der Waals surface area contributed by atoms with E-state index in [2.05, 4.69) is 13.8 Å². The van der Waals surface area contributed by atoms with Crippen LogP contribution in [-0.2, 0) is 4.74 Å². The average Bonchev–Trinajstić information content (AvgIpc) is 1.82. The Balaban J connectivity index is 3.37. The van der Waals surface area contributed by atoms with Gasteiger partial charge in [-0.25, -0.2) is 4.79 Å². The fourth-order valence-electron chi connectivity index (χ4n) is 0.526. The second kappa shape index (κ2) is 5.29. The lowest BCUT2D eigenvalue weighted by atomic mass is 10.3. The fourth-order valence-corrected chi connectivity index (χ4v) is 1.34. The summed E-state index contributed by atoms with van der Waals surface area (Å²) in [5.74, 6) is 1.59. The molecule has 1 unspecified atom stereocenters. The van der Waals surface area contributed by atoms with Crippen molar-refractivity contribution >= 4 is 17.9 Å². The van der Waals surface area contributed by atoms with Gasteiger partial charge in [0.2, 0.25) is 0 Å². The molecule has 66 valence electrons. The summed E-state index contributed by atoms with van der Waals surface area (Å²) in [6, 6.07) is 0. The molecule has 4 heteroatoms. The van der Waals surface area contributed by atoms with Gasteiger partial charge in [0.1, 0.15) is 5.44 Å². The Bertz CT molecular complexity index is 128. The number of carbonyl (C=O) groups is 1. The first kappa shape index (κ1) is 10.6. The molecular formula is C7H15NO2S. The van der Waals surface area contributed by atoms with E-state index in [-0.39, 0.29) is 5.44 Å². The summed E-state index contributed by atoms with van der Waals surface area (Å²) in [4.78, 5) is 10.2. The van der Waals surface area contributed by atoms with E-state index in [0.29, 0.717) is 5.92 Å². The molecule has 1 atom stereocenters. The third-order valence-corrected chi connectivity index (χ3v) is 2.37. The van der Waals surface area contributed by atoms with Gasteiger partial charge < -0.3 is 10.5 Å². The molecule has 0 bridgehead atoms. The molecular weight excluding hydrogens is 162 g/mol. The van der Waals surface area contributed by atoms with Crippen molar-refractivity contribution in [1.29, 1.82) is 0 Å². The molecule has 3 nitrogen and oxygen atoms in total. The Morgan fingerprint density at radius 1 is 1.55 bits per heavy atom. The van der Waals surface area contributed by atoms with Gasteiger partial charge in [-0.05, 0) is 18.6 Å². The summed E-state index contributed by atoms with van der Waals surface area (Å²) in [7, 11) is 0. The van der Waals surface area contributed by atoms with E-state index in [9.17, 15) is 4.79 Å². The van der Waals surface area contributed by atoms with Crippen LogP contribution in [0.2, 0.25) is 0 Å². The van der Waals surface area contributed by atoms with Gasteiger partial charge in [-0.15, -0.1) is 11.8 Å². The molecule has 0 heterocycles. The monoisotopic (exact) mass is 177 g/mol. The maximum absolute atomic E-state index is 10.2. The van der Waals surface area contributed by atoms with E-state index in [1.807, 2.05) is 6.92 Å². The van der Waals surface area contributed by atoms with Crippen LogP contribution in [0.1, 0.15) is 20.8 Å². The smallest absolute Gasteiger partial charge is 0.405 e. The van der Waals surface area contributed by atoms with Crippen molar-refractivity contribution in [2.24, 2.45) is 11.7 Å². The first-order valence-electron chi connectivity index (χ1n) is 3.60. The van der Waals surface area contributed by atoms with Crippen LogP contribution >= 0.6 is 11.8 Å². The number of rotatable bonds is 4. The lowest BCUT2D eigenvalue weighted by molar-refractivity contribution is 0.152. The minimum absolute atomic E-state index is 0.130. The van der Waals surface area contributed by atoms with Crippen LogP contribution < -0.4 is 5.73 Å². The number of nitrogens with two attached hydrogens (primary N) is 1. The maximum Gasteiger partial charge on any atom is 0.405 e. The zero-order chi connectivity index (χ0) is 8.85. The van der Waals surface area contributed by atoms with Crippen LogP contribution in [0.5, 0.6) is 0 Å². The first-order valence-corrected chi connectivity index (χ1v) is 4.65. The molecule has 0 radical (unpaired) electrons. The standard InChI is InChI=1S/C7H15NO2S/c1-5(2)4-11-6(3)10-7(8)9/h5-6H,4H2,1-3H3,(H2,8,9). The zero-order valence-corrected chi connectivity index (χ0v) is 7.98. The molecule has 0 aliphatic heterocycles. The molecule has 11 heavy (non-hydrogen) atoms. The Kier molecular flexibility index (Phi) is 5.11. The van der Waals surface area contributed by atoms with Gasteiger partial charge in [0.05, 0.1) is 0 Å². The number of amides is 1. The van der Waals surface area contributed by atoms with Crippen molar-refractivity contribution in [2.75, 3.05) is 5.75 Å². The molecule has 0 aliphatic rings. The van der Waals surface area contributed by atoms with Crippen LogP contribution in [0.3, 0.4) is 0 Å². The Labute approximate surface area is 71.7 Å². The number of carbonyl (C=O) groups excluding carboxylic acids is 1. The van der Waals surface area contributed by atoms with Gasteiger partial charge in [0.15, 0.2) is 0 Å². The van der Waals surface area contributed by atoms with Crippen molar-refractivity contribution in [1.82, 2.24) is 0 Å². The summed E-state index contributed by atoms with van der Waals surface area (Å²) in [5, 5.41) is 0. The fraction of sp³-hybridized carbons (Fsp3) is 0.857. The van der Waals surface area contributed by atoms with E-state index in [4.69, 9.17) is 10.5 Å². The van der Waals surface area contributed by atoms with Crippen LogP contribution in [0.25, 0.3) is 0 Å². The minimum atomic E-state index is -0.700. The molecule has 0 saturated carbocycles. The molecule has 0 aromatic carbocycles. The van der Waals surface area contributed by atoms with Crippen molar-refractivity contribution in [3.05, 3.63) is 0 Å². The van der Waals surface area contributed by atoms with Crippen molar-refractivity contribution in [3.8, 4) is 0 Å². The van der Waals surface area contributed by atoms with Crippen LogP contribution in [0.4, 0.5) is 4.79 Å². The van der Waals surface area contributed by atoms with Gasteiger partial charge >= 0.3 is 6.09 Å². The first-order chi connectivity index (χ1) is 5.02. The third kappa shape index (κ3) is 7.52. The van der Waals surface area contributed by atoms with Gasteiger partial charge in [-0.1, -0.05) is 13.8 Å². The van der Waals surface area contributed by atoms with Crippen LogP contribution in [0, 0.1) is 5.92 Å². The quantitative estimate of drug-likeness (QED) is 0.666. The second-order valence-corrected chi connectivity index (χ2v) is 4.06. The summed E-state index contributed by atoms with van der Waals surface area (Å²) >= 11 is 1.59. The molecule has 1 amide bonds. The normalized spacial score (nSPS) is 13.1.